The Labute approximate surface area is 166 Å². The van der Waals surface area contributed by atoms with Gasteiger partial charge in [0.05, 0.1) is 0 Å². The summed E-state index contributed by atoms with van der Waals surface area (Å²) in [7, 11) is 0. The fourth-order valence-electron chi connectivity index (χ4n) is 3.97. The highest BCUT2D eigenvalue weighted by atomic mass is 16.2. The molecule has 7 heteroatoms. The topological polar surface area (TPSA) is 105 Å². The van der Waals surface area contributed by atoms with E-state index in [4.69, 9.17) is 5.73 Å². The minimum absolute atomic E-state index is 0.131. The summed E-state index contributed by atoms with van der Waals surface area (Å²) in [5, 5.41) is 5.76. The van der Waals surface area contributed by atoms with Gasteiger partial charge in [-0.25, -0.2) is 0 Å². The van der Waals surface area contributed by atoms with E-state index in [-0.39, 0.29) is 30.2 Å². The number of amides is 3. The molecule has 0 spiro atoms. The van der Waals surface area contributed by atoms with Crippen molar-refractivity contribution < 1.29 is 14.4 Å². The van der Waals surface area contributed by atoms with Gasteiger partial charge in [-0.15, -0.1) is 0 Å². The molecule has 1 saturated heterocycles. The molecule has 2 aliphatic rings. The molecule has 1 aromatic carbocycles. The van der Waals surface area contributed by atoms with Crippen LogP contribution in [0.3, 0.4) is 0 Å². The molecule has 28 heavy (non-hydrogen) atoms. The van der Waals surface area contributed by atoms with Crippen LogP contribution in [0, 0.1) is 0 Å². The van der Waals surface area contributed by atoms with Gasteiger partial charge in [0.15, 0.2) is 0 Å². The Bertz CT molecular complexity index is 749. The van der Waals surface area contributed by atoms with Gasteiger partial charge >= 0.3 is 0 Å². The summed E-state index contributed by atoms with van der Waals surface area (Å²) < 4.78 is 0. The van der Waals surface area contributed by atoms with E-state index in [1.807, 2.05) is 18.2 Å². The molecule has 1 fully saturated rings. The molecule has 1 aromatic rings. The number of nitrogens with two attached hydrogens (primary N) is 1. The Hall–Kier alpha value is -2.25. The van der Waals surface area contributed by atoms with Crippen molar-refractivity contribution in [3.63, 3.8) is 0 Å². The molecular weight excluding hydrogens is 356 g/mol. The number of nitrogens with one attached hydrogen (secondary N) is 2. The van der Waals surface area contributed by atoms with Gasteiger partial charge in [-0.1, -0.05) is 25.5 Å². The monoisotopic (exact) mass is 386 g/mol. The molecule has 2 atom stereocenters. The number of imide groups is 1. The molecule has 0 saturated carbocycles. The highest BCUT2D eigenvalue weighted by Crippen LogP contribution is 2.28. The van der Waals surface area contributed by atoms with Crippen LogP contribution in [0.5, 0.6) is 0 Å². The lowest BCUT2D eigenvalue weighted by atomic mass is 10.0. The Kier molecular flexibility index (Phi) is 6.80. The lowest BCUT2D eigenvalue weighted by molar-refractivity contribution is -0.136. The second-order valence-corrected chi connectivity index (χ2v) is 7.76. The molecule has 152 valence electrons. The van der Waals surface area contributed by atoms with E-state index in [1.165, 1.54) is 0 Å². The van der Waals surface area contributed by atoms with Crippen molar-refractivity contribution >= 4 is 17.7 Å². The summed E-state index contributed by atoms with van der Waals surface area (Å²) in [6.07, 6.45) is 4.93. The van der Waals surface area contributed by atoms with Gasteiger partial charge < -0.3 is 16.0 Å². The number of hydrogen-bond donors (Lipinski definition) is 3. The van der Waals surface area contributed by atoms with Crippen LogP contribution < -0.4 is 16.4 Å². The van der Waals surface area contributed by atoms with Crippen molar-refractivity contribution in [2.75, 3.05) is 6.54 Å². The second kappa shape index (κ2) is 9.30. The van der Waals surface area contributed by atoms with Crippen LogP contribution in [0.2, 0.25) is 0 Å². The maximum absolute atomic E-state index is 12.7. The summed E-state index contributed by atoms with van der Waals surface area (Å²) in [5.41, 5.74) is 8.75. The van der Waals surface area contributed by atoms with Gasteiger partial charge in [-0.05, 0) is 49.4 Å². The molecule has 3 amide bonds. The van der Waals surface area contributed by atoms with Crippen molar-refractivity contribution in [1.82, 2.24) is 15.5 Å². The molecule has 2 unspecified atom stereocenters. The Morgan fingerprint density at radius 3 is 2.86 bits per heavy atom. The molecule has 7 nitrogen and oxygen atoms in total. The minimum atomic E-state index is -0.563. The maximum atomic E-state index is 12.7. The average Bonchev–Trinajstić information content (AvgIpc) is 2.97. The van der Waals surface area contributed by atoms with Crippen LogP contribution in [0.1, 0.15) is 66.9 Å². The van der Waals surface area contributed by atoms with Crippen LogP contribution in [0.15, 0.2) is 18.2 Å². The highest BCUT2D eigenvalue weighted by molar-refractivity contribution is 6.05. The fourth-order valence-corrected chi connectivity index (χ4v) is 3.97. The number of hydrogen-bond acceptors (Lipinski definition) is 5. The van der Waals surface area contributed by atoms with E-state index in [2.05, 4.69) is 17.6 Å². The molecule has 0 radical (unpaired) electrons. The summed E-state index contributed by atoms with van der Waals surface area (Å²) in [4.78, 5) is 37.7. The van der Waals surface area contributed by atoms with Crippen molar-refractivity contribution in [2.45, 2.75) is 70.6 Å². The van der Waals surface area contributed by atoms with Gasteiger partial charge in [-0.3, -0.25) is 19.7 Å². The Morgan fingerprint density at radius 2 is 2.11 bits per heavy atom. The molecule has 0 bridgehead atoms. The van der Waals surface area contributed by atoms with E-state index in [0.717, 1.165) is 49.9 Å². The molecule has 2 heterocycles. The summed E-state index contributed by atoms with van der Waals surface area (Å²) in [6, 6.07) is 5.57. The van der Waals surface area contributed by atoms with Crippen LogP contribution in [0.25, 0.3) is 0 Å². The van der Waals surface area contributed by atoms with E-state index < -0.39 is 6.04 Å². The first-order chi connectivity index (χ1) is 13.5. The quantitative estimate of drug-likeness (QED) is 0.440. The van der Waals surface area contributed by atoms with Crippen LogP contribution in [-0.4, -0.2) is 41.2 Å². The summed E-state index contributed by atoms with van der Waals surface area (Å²) >= 11 is 0. The maximum Gasteiger partial charge on any atom is 0.255 e. The fraction of sp³-hybridized carbons (Fsp3) is 0.571. The zero-order valence-electron chi connectivity index (χ0n) is 16.5. The minimum Gasteiger partial charge on any atom is -0.328 e. The van der Waals surface area contributed by atoms with Gasteiger partial charge in [0.2, 0.25) is 11.8 Å². The van der Waals surface area contributed by atoms with Crippen LogP contribution in [0.4, 0.5) is 0 Å². The normalized spacial score (nSPS) is 20.3. The first-order valence-corrected chi connectivity index (χ1v) is 10.2. The first kappa shape index (κ1) is 20.5. The number of fused-ring (bicyclic) bond motifs is 1. The van der Waals surface area contributed by atoms with Crippen molar-refractivity contribution in [3.8, 4) is 0 Å². The number of nitrogens with zero attached hydrogens (tertiary/aromatic N) is 1. The van der Waals surface area contributed by atoms with E-state index in [1.54, 1.807) is 4.90 Å². The highest BCUT2D eigenvalue weighted by Gasteiger charge is 2.38. The summed E-state index contributed by atoms with van der Waals surface area (Å²) in [5.74, 6) is -0.774. The molecule has 0 aromatic heterocycles. The average molecular weight is 386 g/mol. The molecular formula is C21H30N4O3. The smallest absolute Gasteiger partial charge is 0.255 e. The van der Waals surface area contributed by atoms with Gasteiger partial charge in [-0.2, -0.15) is 0 Å². The largest absolute Gasteiger partial charge is 0.328 e. The number of piperidine rings is 1. The second-order valence-electron chi connectivity index (χ2n) is 7.76. The Balaban J connectivity index is 1.52. The standard InChI is InChI=1S/C21H30N4O3/c1-2-4-16(22)5-3-10-23-12-14-6-7-17-15(11-14)13-25(21(17)28)18-8-9-19(26)24-20(18)27/h6-7,11,16,18,23H,2-5,8-10,12-13,22H2,1H3,(H,24,26,27). The first-order valence-electron chi connectivity index (χ1n) is 10.2. The third-order valence-electron chi connectivity index (χ3n) is 5.50. The predicted molar refractivity (Wildman–Crippen MR) is 106 cm³/mol. The zero-order chi connectivity index (χ0) is 20.1. The van der Waals surface area contributed by atoms with Gasteiger partial charge in [0, 0.05) is 31.1 Å². The number of carbonyl (C=O) groups is 3. The van der Waals surface area contributed by atoms with Crippen molar-refractivity contribution in [2.24, 2.45) is 5.73 Å². The third kappa shape index (κ3) is 4.77. The summed E-state index contributed by atoms with van der Waals surface area (Å²) in [6.45, 7) is 4.22. The number of rotatable bonds is 9. The lowest BCUT2D eigenvalue weighted by Gasteiger charge is -2.29. The van der Waals surface area contributed by atoms with E-state index in [0.29, 0.717) is 18.5 Å². The molecule has 0 aliphatic carbocycles. The lowest BCUT2D eigenvalue weighted by Crippen LogP contribution is -2.52. The SMILES string of the molecule is CCCC(N)CCCNCc1ccc2c(c1)CN(C1CCC(=O)NC1=O)C2=O. The van der Waals surface area contributed by atoms with Gasteiger partial charge in [0.25, 0.3) is 5.91 Å². The Morgan fingerprint density at radius 1 is 1.29 bits per heavy atom. The van der Waals surface area contributed by atoms with Crippen molar-refractivity contribution in [1.29, 1.82) is 0 Å². The predicted octanol–water partition coefficient (Wildman–Crippen LogP) is 1.44. The zero-order valence-corrected chi connectivity index (χ0v) is 16.5. The van der Waals surface area contributed by atoms with E-state index >= 15 is 0 Å². The number of carbonyl (C=O) groups excluding carboxylic acids is 3. The third-order valence-corrected chi connectivity index (χ3v) is 5.50. The number of benzene rings is 1. The van der Waals surface area contributed by atoms with Gasteiger partial charge in [0.1, 0.15) is 6.04 Å². The molecule has 4 N–H and O–H groups in total. The van der Waals surface area contributed by atoms with E-state index in [9.17, 15) is 14.4 Å². The molecule has 2 aliphatic heterocycles. The van der Waals surface area contributed by atoms with Crippen LogP contribution >= 0.6 is 0 Å². The van der Waals surface area contributed by atoms with Crippen LogP contribution in [-0.2, 0) is 22.7 Å². The van der Waals surface area contributed by atoms with Crippen molar-refractivity contribution in [3.05, 3.63) is 34.9 Å². The molecule has 3 rings (SSSR count).